The number of thioether (sulfide) groups is 1. The zero-order valence-electron chi connectivity index (χ0n) is 16.9. The normalized spacial score (nSPS) is 16.5. The molecule has 4 nitrogen and oxygen atoms in total. The second kappa shape index (κ2) is 9.75. The quantitative estimate of drug-likeness (QED) is 0.416. The zero-order valence-corrected chi connectivity index (χ0v) is 18.5. The van der Waals surface area contributed by atoms with Gasteiger partial charge in [0.25, 0.3) is 0 Å². The van der Waals surface area contributed by atoms with Gasteiger partial charge in [-0.05, 0) is 42.0 Å². The Labute approximate surface area is 187 Å². The van der Waals surface area contributed by atoms with Gasteiger partial charge in [0.15, 0.2) is 5.16 Å². The fourth-order valence-corrected chi connectivity index (χ4v) is 5.67. The van der Waals surface area contributed by atoms with Crippen LogP contribution in [0.4, 0.5) is 13.2 Å². The van der Waals surface area contributed by atoms with E-state index in [1.807, 2.05) is 11.4 Å². The molecule has 9 heteroatoms. The summed E-state index contributed by atoms with van der Waals surface area (Å²) in [5.41, 5.74) is -0.498. The van der Waals surface area contributed by atoms with Crippen LogP contribution in [0.1, 0.15) is 66.1 Å². The number of alkyl halides is 3. The van der Waals surface area contributed by atoms with Crippen LogP contribution in [0.25, 0.3) is 0 Å². The third-order valence-corrected chi connectivity index (χ3v) is 7.45. The first-order valence-corrected chi connectivity index (χ1v) is 12.2. The van der Waals surface area contributed by atoms with Crippen LogP contribution in [0.3, 0.4) is 0 Å². The van der Waals surface area contributed by atoms with Crippen molar-refractivity contribution in [3.8, 4) is 0 Å². The van der Waals surface area contributed by atoms with Crippen molar-refractivity contribution in [3.63, 3.8) is 0 Å². The molecule has 0 aliphatic heterocycles. The summed E-state index contributed by atoms with van der Waals surface area (Å²) in [6, 6.07) is 9.30. The average molecular weight is 468 g/mol. The lowest BCUT2D eigenvalue weighted by Gasteiger charge is -2.25. The van der Waals surface area contributed by atoms with Crippen LogP contribution in [0.15, 0.2) is 46.9 Å². The zero-order chi connectivity index (χ0) is 21.8. The van der Waals surface area contributed by atoms with E-state index in [1.165, 1.54) is 35.2 Å². The van der Waals surface area contributed by atoms with Crippen molar-refractivity contribution in [2.45, 2.75) is 62.0 Å². The smallest absolute Gasteiger partial charge is 0.388 e. The van der Waals surface area contributed by atoms with Crippen molar-refractivity contribution >= 4 is 23.1 Å². The molecule has 1 N–H and O–H groups in total. The van der Waals surface area contributed by atoms with E-state index in [9.17, 15) is 18.3 Å². The van der Waals surface area contributed by atoms with Crippen LogP contribution < -0.4 is 0 Å². The number of rotatable bonds is 7. The van der Waals surface area contributed by atoms with Gasteiger partial charge in [-0.2, -0.15) is 13.2 Å². The first-order chi connectivity index (χ1) is 14.9. The summed E-state index contributed by atoms with van der Waals surface area (Å²) in [4.78, 5) is 1.21. The van der Waals surface area contributed by atoms with Gasteiger partial charge < -0.3 is 9.67 Å². The number of aromatic nitrogens is 3. The molecule has 1 saturated carbocycles. The van der Waals surface area contributed by atoms with Gasteiger partial charge >= 0.3 is 6.18 Å². The summed E-state index contributed by atoms with van der Waals surface area (Å²) in [6.07, 6.45) is 0.952. The third-order valence-electron chi connectivity index (χ3n) is 5.56. The Morgan fingerprint density at radius 1 is 1.13 bits per heavy atom. The van der Waals surface area contributed by atoms with Gasteiger partial charge in [0, 0.05) is 23.1 Å². The van der Waals surface area contributed by atoms with Gasteiger partial charge in [0.2, 0.25) is 0 Å². The Morgan fingerprint density at radius 2 is 1.94 bits per heavy atom. The van der Waals surface area contributed by atoms with E-state index < -0.39 is 17.8 Å². The first kappa shape index (κ1) is 22.4. The standard InChI is InChI=1S/C22H24F3N3OS2/c23-22(24,25)16-7-4-6-15(12-16)19(29)14-31-21-27-26-20(13-18-10-5-11-30-18)28(21)17-8-2-1-3-9-17/h4-7,10-12,17,19,29H,1-3,8-9,13-14H2. The van der Waals surface area contributed by atoms with Gasteiger partial charge in [-0.1, -0.05) is 49.2 Å². The van der Waals surface area contributed by atoms with Gasteiger partial charge in [-0.3, -0.25) is 0 Å². The fourth-order valence-electron chi connectivity index (χ4n) is 3.97. The van der Waals surface area contributed by atoms with Crippen molar-refractivity contribution in [2.24, 2.45) is 0 Å². The molecule has 1 aromatic carbocycles. The molecular formula is C22H24F3N3OS2. The lowest BCUT2D eigenvalue weighted by molar-refractivity contribution is -0.137. The second-order valence-electron chi connectivity index (χ2n) is 7.77. The number of aliphatic hydroxyl groups excluding tert-OH is 1. The molecule has 1 aliphatic carbocycles. The molecule has 1 unspecified atom stereocenters. The summed E-state index contributed by atoms with van der Waals surface area (Å²) in [7, 11) is 0. The topological polar surface area (TPSA) is 50.9 Å². The van der Waals surface area contributed by atoms with E-state index in [2.05, 4.69) is 20.8 Å². The van der Waals surface area contributed by atoms with Crippen molar-refractivity contribution in [1.29, 1.82) is 0 Å². The number of aliphatic hydroxyl groups is 1. The molecule has 0 radical (unpaired) electrons. The SMILES string of the molecule is OC(CSc1nnc(Cc2cccs2)n1C1CCCCC1)c1cccc(C(F)(F)F)c1. The molecule has 4 rings (SSSR count). The third kappa shape index (κ3) is 5.51. The van der Waals surface area contributed by atoms with Crippen molar-refractivity contribution < 1.29 is 18.3 Å². The fraction of sp³-hybridized carbons (Fsp3) is 0.455. The van der Waals surface area contributed by atoms with E-state index >= 15 is 0 Å². The molecule has 2 aromatic heterocycles. The van der Waals surface area contributed by atoms with Crippen LogP contribution in [-0.4, -0.2) is 25.6 Å². The Balaban J connectivity index is 1.52. The number of benzene rings is 1. The Bertz CT molecular complexity index is 982. The summed E-state index contributed by atoms with van der Waals surface area (Å²) in [6.45, 7) is 0. The highest BCUT2D eigenvalue weighted by molar-refractivity contribution is 7.99. The molecule has 0 spiro atoms. The molecule has 0 saturated heterocycles. The van der Waals surface area contributed by atoms with Crippen molar-refractivity contribution in [2.75, 3.05) is 5.75 Å². The Kier molecular flexibility index (Phi) is 7.03. The lowest BCUT2D eigenvalue weighted by atomic mass is 9.95. The summed E-state index contributed by atoms with van der Waals surface area (Å²) in [5, 5.41) is 22.1. The monoisotopic (exact) mass is 467 g/mol. The Morgan fingerprint density at radius 3 is 2.65 bits per heavy atom. The predicted octanol–water partition coefficient (Wildman–Crippen LogP) is 6.28. The van der Waals surface area contributed by atoms with Crippen molar-refractivity contribution in [1.82, 2.24) is 14.8 Å². The van der Waals surface area contributed by atoms with E-state index in [0.29, 0.717) is 12.5 Å². The van der Waals surface area contributed by atoms with Crippen LogP contribution in [0.5, 0.6) is 0 Å². The molecule has 0 bridgehead atoms. The summed E-state index contributed by atoms with van der Waals surface area (Å²) in [5.74, 6) is 1.12. The predicted molar refractivity (Wildman–Crippen MR) is 116 cm³/mol. The maximum absolute atomic E-state index is 13.0. The van der Waals surface area contributed by atoms with Gasteiger partial charge in [0.05, 0.1) is 11.7 Å². The summed E-state index contributed by atoms with van der Waals surface area (Å²) >= 11 is 3.03. The Hall–Kier alpha value is -1.84. The van der Waals surface area contributed by atoms with Gasteiger partial charge in [-0.25, -0.2) is 0 Å². The largest absolute Gasteiger partial charge is 0.416 e. The van der Waals surface area contributed by atoms with Crippen LogP contribution in [0.2, 0.25) is 0 Å². The highest BCUT2D eigenvalue weighted by Gasteiger charge is 2.31. The lowest BCUT2D eigenvalue weighted by Crippen LogP contribution is -2.17. The molecule has 31 heavy (non-hydrogen) atoms. The van der Waals surface area contributed by atoms with Crippen LogP contribution in [-0.2, 0) is 12.6 Å². The van der Waals surface area contributed by atoms with E-state index in [1.54, 1.807) is 11.3 Å². The van der Waals surface area contributed by atoms with Crippen molar-refractivity contribution in [3.05, 3.63) is 63.6 Å². The van der Waals surface area contributed by atoms with Gasteiger partial charge in [0.1, 0.15) is 5.82 Å². The number of hydrogen-bond acceptors (Lipinski definition) is 5. The van der Waals surface area contributed by atoms with E-state index in [0.717, 1.165) is 48.8 Å². The minimum absolute atomic E-state index is 0.213. The summed E-state index contributed by atoms with van der Waals surface area (Å²) < 4.78 is 41.2. The van der Waals surface area contributed by atoms with E-state index in [4.69, 9.17) is 0 Å². The molecule has 1 aliphatic rings. The molecule has 0 amide bonds. The highest BCUT2D eigenvalue weighted by Crippen LogP contribution is 2.35. The number of nitrogens with zero attached hydrogens (tertiary/aromatic N) is 3. The van der Waals surface area contributed by atoms with Crippen LogP contribution >= 0.6 is 23.1 Å². The molecule has 2 heterocycles. The highest BCUT2D eigenvalue weighted by atomic mass is 32.2. The molecule has 166 valence electrons. The maximum Gasteiger partial charge on any atom is 0.416 e. The number of thiophene rings is 1. The number of halogens is 3. The number of hydrogen-bond donors (Lipinski definition) is 1. The minimum atomic E-state index is -4.43. The minimum Gasteiger partial charge on any atom is -0.388 e. The first-order valence-electron chi connectivity index (χ1n) is 10.4. The maximum atomic E-state index is 13.0. The second-order valence-corrected chi connectivity index (χ2v) is 9.79. The molecule has 1 fully saturated rings. The molecular weight excluding hydrogens is 443 g/mol. The molecule has 1 atom stereocenters. The van der Waals surface area contributed by atoms with Crippen LogP contribution in [0, 0.1) is 0 Å². The molecule has 3 aromatic rings. The van der Waals surface area contributed by atoms with E-state index in [-0.39, 0.29) is 11.3 Å². The average Bonchev–Trinajstić information content (AvgIpc) is 3.42. The van der Waals surface area contributed by atoms with Gasteiger partial charge in [-0.15, -0.1) is 21.5 Å².